The van der Waals surface area contributed by atoms with E-state index in [4.69, 9.17) is 22.5 Å². The number of nitrogens with two attached hydrogens (primary N) is 1. The highest BCUT2D eigenvalue weighted by atomic mass is 32.1. The maximum atomic E-state index is 13.4. The van der Waals surface area contributed by atoms with Gasteiger partial charge in [0.05, 0.1) is 12.1 Å². The molecule has 1 unspecified atom stereocenters. The van der Waals surface area contributed by atoms with Crippen LogP contribution in [0.2, 0.25) is 0 Å². The number of anilines is 2. The Bertz CT molecular complexity index is 1320. The first-order valence-electron chi connectivity index (χ1n) is 10.2. The van der Waals surface area contributed by atoms with Crippen molar-refractivity contribution in [2.75, 3.05) is 10.2 Å². The van der Waals surface area contributed by atoms with Gasteiger partial charge in [-0.3, -0.25) is 23.8 Å². The van der Waals surface area contributed by atoms with Crippen LogP contribution in [0.5, 0.6) is 0 Å². The van der Waals surface area contributed by atoms with Crippen LogP contribution in [0, 0.1) is 0 Å². The highest BCUT2D eigenvalue weighted by Gasteiger charge is 2.45. The van der Waals surface area contributed by atoms with Crippen LogP contribution in [0.4, 0.5) is 11.4 Å². The lowest BCUT2D eigenvalue weighted by Crippen LogP contribution is -2.44. The van der Waals surface area contributed by atoms with Crippen molar-refractivity contribution in [1.29, 1.82) is 0 Å². The molecule has 4 rings (SSSR count). The number of carbonyl (C=O) groups is 3. The van der Waals surface area contributed by atoms with Gasteiger partial charge in [0.25, 0.3) is 5.91 Å². The Labute approximate surface area is 198 Å². The number of primary amides is 1. The molecule has 1 aliphatic rings. The molecule has 1 fully saturated rings. The Morgan fingerprint density at radius 1 is 1.15 bits per heavy atom. The van der Waals surface area contributed by atoms with Gasteiger partial charge in [0.15, 0.2) is 12.2 Å². The summed E-state index contributed by atoms with van der Waals surface area (Å²) in [4.78, 5) is 52.4. The summed E-state index contributed by atoms with van der Waals surface area (Å²) in [7, 11) is 1.59. The molecule has 3 amide bonds. The van der Waals surface area contributed by atoms with Crippen molar-refractivity contribution in [3.63, 3.8) is 0 Å². The zero-order valence-corrected chi connectivity index (χ0v) is 18.9. The van der Waals surface area contributed by atoms with E-state index in [-0.39, 0.29) is 23.8 Å². The van der Waals surface area contributed by atoms with E-state index in [0.717, 1.165) is 0 Å². The van der Waals surface area contributed by atoms with Crippen molar-refractivity contribution in [1.82, 2.24) is 10.2 Å². The van der Waals surface area contributed by atoms with E-state index in [0.29, 0.717) is 16.9 Å². The molecule has 1 atom stereocenters. The van der Waals surface area contributed by atoms with Crippen LogP contribution in [0.15, 0.2) is 63.9 Å². The van der Waals surface area contributed by atoms with E-state index in [2.05, 4.69) is 10.6 Å². The van der Waals surface area contributed by atoms with Gasteiger partial charge < -0.3 is 16.0 Å². The summed E-state index contributed by atoms with van der Waals surface area (Å²) in [6.45, 7) is -0.0402. The standard InChI is InChI=1S/C22H20N6O5S/c1-26-17(21(32)33-25-26)12-27-16(20(31)28(22(27)34)15-5-3-2-4-6-15)11-18(29)24-14-9-7-13(8-10-14)19(23)30/h2-10,16H,11-12H2,1H3,(H3-,23,24,25,29,30,32)/p+1. The summed E-state index contributed by atoms with van der Waals surface area (Å²) in [6, 6.07) is 13.9. The Kier molecular flexibility index (Phi) is 6.23. The molecule has 11 nitrogen and oxygen atoms in total. The molecule has 3 aromatic rings. The first-order chi connectivity index (χ1) is 16.3. The fraction of sp³-hybridized carbons (Fsp3) is 0.182. The van der Waals surface area contributed by atoms with Crippen LogP contribution in [0.25, 0.3) is 0 Å². The lowest BCUT2D eigenvalue weighted by atomic mass is 10.1. The molecule has 2 aromatic carbocycles. The predicted molar refractivity (Wildman–Crippen MR) is 125 cm³/mol. The van der Waals surface area contributed by atoms with Gasteiger partial charge in [0.1, 0.15) is 12.6 Å². The van der Waals surface area contributed by atoms with E-state index < -0.39 is 29.4 Å². The number of para-hydroxylation sites is 1. The average molecular weight is 482 g/mol. The number of carbonyl (C=O) groups excluding carboxylic acids is 3. The predicted octanol–water partition coefficient (Wildman–Crippen LogP) is 0.422. The summed E-state index contributed by atoms with van der Waals surface area (Å²) in [5, 5.41) is 5.30. The first-order valence-corrected chi connectivity index (χ1v) is 10.6. The van der Waals surface area contributed by atoms with Crippen molar-refractivity contribution >= 4 is 46.4 Å². The number of aromatic nitrogens is 2. The molecule has 34 heavy (non-hydrogen) atoms. The zero-order valence-electron chi connectivity index (χ0n) is 18.1. The molecule has 0 spiro atoms. The van der Waals surface area contributed by atoms with Gasteiger partial charge in [0, 0.05) is 11.3 Å². The summed E-state index contributed by atoms with van der Waals surface area (Å²) in [5.41, 5.74) is 6.16. The van der Waals surface area contributed by atoms with Crippen molar-refractivity contribution < 1.29 is 23.6 Å². The lowest BCUT2D eigenvalue weighted by molar-refractivity contribution is -0.746. The van der Waals surface area contributed by atoms with Crippen LogP contribution in [-0.4, -0.2) is 39.0 Å². The second-order valence-corrected chi connectivity index (χ2v) is 7.98. The fourth-order valence-electron chi connectivity index (χ4n) is 3.63. The number of nitrogens with one attached hydrogen (secondary N) is 2. The van der Waals surface area contributed by atoms with Crippen molar-refractivity contribution in [2.45, 2.75) is 19.0 Å². The van der Waals surface area contributed by atoms with Gasteiger partial charge in [-0.1, -0.05) is 22.9 Å². The molecule has 4 N–H and O–H groups in total. The van der Waals surface area contributed by atoms with E-state index in [1.54, 1.807) is 31.3 Å². The van der Waals surface area contributed by atoms with E-state index >= 15 is 0 Å². The third-order valence-corrected chi connectivity index (χ3v) is 5.82. The number of aromatic amines is 1. The number of benzene rings is 2. The molecular formula is C22H21N6O5S+. The fourth-order valence-corrected chi connectivity index (χ4v) is 4.01. The van der Waals surface area contributed by atoms with Gasteiger partial charge >= 0.3 is 11.3 Å². The summed E-state index contributed by atoms with van der Waals surface area (Å²) in [5.74, 6) is -1.42. The molecule has 2 heterocycles. The summed E-state index contributed by atoms with van der Waals surface area (Å²) in [6.07, 6.45) is -0.223. The Balaban J connectivity index is 1.59. The van der Waals surface area contributed by atoms with Crippen LogP contribution < -0.4 is 26.3 Å². The van der Waals surface area contributed by atoms with Crippen LogP contribution >= 0.6 is 12.2 Å². The highest BCUT2D eigenvalue weighted by Crippen LogP contribution is 2.28. The number of hydrogen-bond donors (Lipinski definition) is 3. The topological polar surface area (TPSA) is 146 Å². The minimum atomic E-state index is -0.952. The maximum Gasteiger partial charge on any atom is 0.431 e. The first kappa shape index (κ1) is 22.9. The minimum Gasteiger partial charge on any atom is -0.366 e. The van der Waals surface area contributed by atoms with Crippen molar-refractivity contribution in [3.8, 4) is 0 Å². The number of aryl methyl sites for hydroxylation is 1. The number of amides is 3. The quantitative estimate of drug-likeness (QED) is 0.328. The Hall–Kier alpha value is -4.32. The number of nitrogens with zero attached hydrogens (tertiary/aromatic N) is 3. The second-order valence-electron chi connectivity index (χ2n) is 7.62. The van der Waals surface area contributed by atoms with Crippen molar-refractivity contribution in [3.05, 3.63) is 76.3 Å². The van der Waals surface area contributed by atoms with Crippen LogP contribution in [0.3, 0.4) is 0 Å². The number of H-pyrrole nitrogens is 1. The molecule has 12 heteroatoms. The van der Waals surface area contributed by atoms with Gasteiger partial charge in [-0.15, -0.1) is 0 Å². The normalized spacial score (nSPS) is 15.6. The number of hydrogen-bond acceptors (Lipinski definition) is 6. The molecule has 174 valence electrons. The molecule has 1 aromatic heterocycles. The van der Waals surface area contributed by atoms with Gasteiger partial charge in [-0.25, -0.2) is 4.79 Å². The second kappa shape index (κ2) is 9.27. The molecular weight excluding hydrogens is 460 g/mol. The minimum absolute atomic E-state index is 0.0402. The van der Waals surface area contributed by atoms with Crippen LogP contribution in [-0.2, 0) is 23.2 Å². The van der Waals surface area contributed by atoms with E-state index in [1.165, 1.54) is 38.7 Å². The average Bonchev–Trinajstić information content (AvgIpc) is 3.25. The molecule has 0 bridgehead atoms. The number of rotatable bonds is 7. The third-order valence-electron chi connectivity index (χ3n) is 5.40. The zero-order chi connectivity index (χ0) is 24.4. The largest absolute Gasteiger partial charge is 0.431 e. The van der Waals surface area contributed by atoms with Crippen LogP contribution in [0.1, 0.15) is 22.5 Å². The maximum absolute atomic E-state index is 13.4. The molecule has 1 saturated heterocycles. The lowest BCUT2D eigenvalue weighted by Gasteiger charge is -2.21. The van der Waals surface area contributed by atoms with E-state index in [9.17, 15) is 19.2 Å². The van der Waals surface area contributed by atoms with Gasteiger partial charge in [-0.05, 0) is 53.9 Å². The molecule has 0 radical (unpaired) electrons. The summed E-state index contributed by atoms with van der Waals surface area (Å²) >= 11 is 5.58. The monoisotopic (exact) mass is 481 g/mol. The number of thiocarbonyl (C=S) groups is 1. The smallest absolute Gasteiger partial charge is 0.366 e. The Morgan fingerprint density at radius 2 is 1.82 bits per heavy atom. The van der Waals surface area contributed by atoms with Crippen molar-refractivity contribution in [2.24, 2.45) is 12.8 Å². The van der Waals surface area contributed by atoms with Gasteiger partial charge in [-0.2, -0.15) is 0 Å². The SMILES string of the molecule is C[n+]1[nH]oc(=O)c1CN1C(=S)N(c2ccccc2)C(=O)C1CC(=O)Nc1ccc(C(N)=O)cc1. The molecule has 0 aliphatic carbocycles. The summed E-state index contributed by atoms with van der Waals surface area (Å²) < 4.78 is 6.19. The van der Waals surface area contributed by atoms with Gasteiger partial charge in [0.2, 0.25) is 11.8 Å². The van der Waals surface area contributed by atoms with E-state index in [1.807, 2.05) is 6.07 Å². The highest BCUT2D eigenvalue weighted by molar-refractivity contribution is 7.80. The Morgan fingerprint density at radius 3 is 2.41 bits per heavy atom. The molecule has 1 aliphatic heterocycles. The third kappa shape index (κ3) is 4.43. The molecule has 0 saturated carbocycles.